The lowest BCUT2D eigenvalue weighted by Crippen LogP contribution is -2.44. The average molecular weight is 332 g/mol. The molecule has 1 atom stereocenters. The molecule has 132 valence electrons. The van der Waals surface area contributed by atoms with Gasteiger partial charge in [-0.2, -0.15) is 0 Å². The van der Waals surface area contributed by atoms with Gasteiger partial charge >= 0.3 is 0 Å². The Morgan fingerprint density at radius 2 is 1.83 bits per heavy atom. The van der Waals surface area contributed by atoms with Crippen LogP contribution in [-0.4, -0.2) is 48.3 Å². The Balaban J connectivity index is 0.000000307. The summed E-state index contributed by atoms with van der Waals surface area (Å²) < 4.78 is 5.59. The molecular weight excluding hydrogens is 303 g/mol. The molecule has 0 bridgehead atoms. The first-order valence-corrected chi connectivity index (χ1v) is 8.27. The van der Waals surface area contributed by atoms with Crippen LogP contribution in [0.2, 0.25) is 0 Å². The van der Waals surface area contributed by atoms with Crippen molar-refractivity contribution in [2.24, 2.45) is 0 Å². The first-order valence-electron chi connectivity index (χ1n) is 8.27. The Hall–Kier alpha value is -1.37. The summed E-state index contributed by atoms with van der Waals surface area (Å²) in [6.45, 7) is 7.11. The molecule has 1 aromatic carbocycles. The van der Waals surface area contributed by atoms with Crippen molar-refractivity contribution in [1.29, 1.82) is 5.41 Å². The zero-order chi connectivity index (χ0) is 18.4. The molecule has 2 rings (SSSR count). The van der Waals surface area contributed by atoms with Crippen LogP contribution in [-0.2, 0) is 4.74 Å². The van der Waals surface area contributed by atoms with Gasteiger partial charge in [0.2, 0.25) is 0 Å². The molecule has 2 radical (unpaired) electrons. The van der Waals surface area contributed by atoms with Crippen molar-refractivity contribution in [3.63, 3.8) is 0 Å². The molecule has 0 spiro atoms. The number of aliphatic hydroxyl groups is 2. The van der Waals surface area contributed by atoms with Crippen LogP contribution in [0.1, 0.15) is 52.5 Å². The van der Waals surface area contributed by atoms with Gasteiger partial charge in [0.25, 0.3) is 0 Å². The second kappa shape index (κ2) is 8.65. The molecule has 4 N–H and O–H groups in total. The number of benzene rings is 1. The van der Waals surface area contributed by atoms with Gasteiger partial charge in [-0.05, 0) is 53.0 Å². The largest absolute Gasteiger partial charge is 0.387 e. The van der Waals surface area contributed by atoms with Crippen LogP contribution >= 0.6 is 0 Å². The summed E-state index contributed by atoms with van der Waals surface area (Å²) in [5, 5.41) is 28.8. The Kier molecular flexibility index (Phi) is 7.45. The van der Waals surface area contributed by atoms with E-state index in [1.807, 2.05) is 12.1 Å². The molecule has 1 aromatic rings. The van der Waals surface area contributed by atoms with E-state index in [0.29, 0.717) is 5.46 Å². The van der Waals surface area contributed by atoms with Crippen LogP contribution in [0.4, 0.5) is 5.69 Å². The third-order valence-electron chi connectivity index (χ3n) is 4.23. The molecular formula is C18H29BN2O3. The van der Waals surface area contributed by atoms with Gasteiger partial charge < -0.3 is 25.7 Å². The highest BCUT2D eigenvalue weighted by Gasteiger charge is 2.31. The van der Waals surface area contributed by atoms with Crippen molar-refractivity contribution in [2.45, 2.75) is 64.4 Å². The first-order chi connectivity index (χ1) is 11.0. The van der Waals surface area contributed by atoms with Gasteiger partial charge in [-0.1, -0.05) is 17.6 Å². The predicted molar refractivity (Wildman–Crippen MR) is 99.5 cm³/mol. The molecule has 6 heteroatoms. The van der Waals surface area contributed by atoms with E-state index >= 15 is 0 Å². The molecule has 1 saturated heterocycles. The fraction of sp³-hybridized carbons (Fsp3) is 0.611. The highest BCUT2D eigenvalue weighted by molar-refractivity contribution is 6.32. The van der Waals surface area contributed by atoms with Crippen LogP contribution in [0.5, 0.6) is 0 Å². The van der Waals surface area contributed by atoms with E-state index in [0.717, 1.165) is 30.7 Å². The third kappa shape index (κ3) is 6.63. The fourth-order valence-corrected chi connectivity index (χ4v) is 1.85. The summed E-state index contributed by atoms with van der Waals surface area (Å²) >= 11 is 0. The first kappa shape index (κ1) is 20.7. The minimum Gasteiger partial charge on any atom is -0.387 e. The van der Waals surface area contributed by atoms with Crippen LogP contribution in [0.3, 0.4) is 0 Å². The normalized spacial score (nSPS) is 18.3. The van der Waals surface area contributed by atoms with E-state index in [1.165, 1.54) is 12.6 Å². The smallest absolute Gasteiger partial charge is 0.127 e. The van der Waals surface area contributed by atoms with Crippen molar-refractivity contribution >= 4 is 25.2 Å². The minimum atomic E-state index is -1.01. The molecule has 0 saturated carbocycles. The second-order valence-electron chi connectivity index (χ2n) is 7.11. The average Bonchev–Trinajstić information content (AvgIpc) is 2.47. The Morgan fingerprint density at radius 3 is 2.29 bits per heavy atom. The predicted octanol–water partition coefficient (Wildman–Crippen LogP) is 1.94. The zero-order valence-corrected chi connectivity index (χ0v) is 15.1. The van der Waals surface area contributed by atoms with E-state index in [1.54, 1.807) is 33.8 Å². The standard InChI is InChI=1S/C12H15BN2O.C6H14O2/c13-10-5-4-9(8-14)11(7-10)15-12-3-1-2-6-16-12;1-5(2,7)6(3,4)8/h4-5,7-8,12,14-15H,1-3,6H2;7-8H,1-4H3. The molecule has 1 unspecified atom stereocenters. The van der Waals surface area contributed by atoms with Gasteiger partial charge in [-0.15, -0.1) is 0 Å². The SMILES string of the molecule is CC(C)(O)C(C)(C)O.[B]c1ccc(C=N)c(NC2CCCCO2)c1. The summed E-state index contributed by atoms with van der Waals surface area (Å²) in [4.78, 5) is 0. The molecule has 1 fully saturated rings. The van der Waals surface area contributed by atoms with E-state index < -0.39 is 11.2 Å². The lowest BCUT2D eigenvalue weighted by atomic mass is 9.90. The van der Waals surface area contributed by atoms with Gasteiger partial charge in [0.15, 0.2) is 0 Å². The molecule has 1 heterocycles. The number of hydrogen-bond acceptors (Lipinski definition) is 5. The van der Waals surface area contributed by atoms with Gasteiger partial charge in [0, 0.05) is 24.1 Å². The van der Waals surface area contributed by atoms with Gasteiger partial charge in [-0.25, -0.2) is 0 Å². The maximum Gasteiger partial charge on any atom is 0.127 e. The minimum absolute atomic E-state index is 0.0502. The van der Waals surface area contributed by atoms with E-state index in [-0.39, 0.29) is 6.23 Å². The Labute approximate surface area is 146 Å². The fourth-order valence-electron chi connectivity index (χ4n) is 1.85. The van der Waals surface area contributed by atoms with E-state index in [2.05, 4.69) is 5.32 Å². The number of anilines is 1. The quantitative estimate of drug-likeness (QED) is 0.501. The molecule has 0 aromatic heterocycles. The number of ether oxygens (including phenoxy) is 1. The monoisotopic (exact) mass is 332 g/mol. The maximum atomic E-state index is 9.10. The summed E-state index contributed by atoms with van der Waals surface area (Å²) in [5.74, 6) is 0. The van der Waals surface area contributed by atoms with Crippen LogP contribution in [0, 0.1) is 5.41 Å². The van der Waals surface area contributed by atoms with Crippen LogP contribution in [0.15, 0.2) is 18.2 Å². The van der Waals surface area contributed by atoms with Gasteiger partial charge in [0.05, 0.1) is 11.2 Å². The van der Waals surface area contributed by atoms with Crippen molar-refractivity contribution in [3.8, 4) is 0 Å². The molecule has 0 amide bonds. The summed E-state index contributed by atoms with van der Waals surface area (Å²) in [7, 11) is 5.73. The van der Waals surface area contributed by atoms with Crippen LogP contribution in [0.25, 0.3) is 0 Å². The summed E-state index contributed by atoms with van der Waals surface area (Å²) in [6, 6.07) is 5.49. The van der Waals surface area contributed by atoms with E-state index in [4.69, 9.17) is 28.2 Å². The van der Waals surface area contributed by atoms with E-state index in [9.17, 15) is 0 Å². The van der Waals surface area contributed by atoms with Crippen LogP contribution < -0.4 is 10.8 Å². The molecule has 24 heavy (non-hydrogen) atoms. The van der Waals surface area contributed by atoms with Crippen molar-refractivity contribution in [1.82, 2.24) is 0 Å². The molecule has 1 aliphatic heterocycles. The lowest BCUT2D eigenvalue weighted by Gasteiger charge is -2.31. The van der Waals surface area contributed by atoms with Crippen molar-refractivity contribution in [3.05, 3.63) is 23.8 Å². The zero-order valence-electron chi connectivity index (χ0n) is 15.1. The number of nitrogens with one attached hydrogen (secondary N) is 2. The Bertz CT molecular complexity index is 518. The second-order valence-corrected chi connectivity index (χ2v) is 7.11. The van der Waals surface area contributed by atoms with Gasteiger partial charge in [0.1, 0.15) is 14.1 Å². The van der Waals surface area contributed by atoms with Crippen molar-refractivity contribution < 1.29 is 14.9 Å². The third-order valence-corrected chi connectivity index (χ3v) is 4.23. The highest BCUT2D eigenvalue weighted by Crippen LogP contribution is 2.19. The summed E-state index contributed by atoms with van der Waals surface area (Å²) in [5.41, 5.74) is 0.397. The lowest BCUT2D eigenvalue weighted by molar-refractivity contribution is -0.107. The molecule has 0 aliphatic carbocycles. The molecule has 5 nitrogen and oxygen atoms in total. The topological polar surface area (TPSA) is 85.6 Å². The van der Waals surface area contributed by atoms with Crippen molar-refractivity contribution in [2.75, 3.05) is 11.9 Å². The highest BCUT2D eigenvalue weighted by atomic mass is 16.5. The number of rotatable bonds is 4. The van der Waals surface area contributed by atoms with Gasteiger partial charge in [-0.3, -0.25) is 0 Å². The molecule has 1 aliphatic rings. The summed E-state index contributed by atoms with van der Waals surface area (Å²) in [6.07, 6.45) is 4.69. The Morgan fingerprint density at radius 1 is 1.21 bits per heavy atom. The number of hydrogen-bond donors (Lipinski definition) is 4. The maximum absolute atomic E-state index is 9.10.